The molecule has 11 heteroatoms. The number of hydrogen-bond donors (Lipinski definition) is 2. The van der Waals surface area contributed by atoms with Gasteiger partial charge in [0.05, 0.1) is 11.4 Å². The first-order valence-electron chi connectivity index (χ1n) is 9.07. The van der Waals surface area contributed by atoms with Gasteiger partial charge in [0, 0.05) is 17.3 Å². The lowest BCUT2D eigenvalue weighted by Crippen LogP contribution is -2.08. The number of ether oxygens (including phenoxy) is 1. The van der Waals surface area contributed by atoms with E-state index in [4.69, 9.17) is 15.4 Å². The van der Waals surface area contributed by atoms with E-state index in [-0.39, 0.29) is 23.8 Å². The Morgan fingerprint density at radius 2 is 1.97 bits per heavy atom. The highest BCUT2D eigenvalue weighted by atomic mass is 19.3. The number of allylic oxidation sites excluding steroid dienone is 2. The predicted octanol–water partition coefficient (Wildman–Crippen LogP) is 3.74. The Balaban J connectivity index is 1.68. The molecule has 1 aromatic carbocycles. The van der Waals surface area contributed by atoms with Crippen LogP contribution < -0.4 is 10.1 Å². The van der Waals surface area contributed by atoms with E-state index >= 15 is 0 Å². The molecule has 0 radical (unpaired) electrons. The highest BCUT2D eigenvalue weighted by Gasteiger charge is 2.14. The zero-order chi connectivity index (χ0) is 22.4. The van der Waals surface area contributed by atoms with Gasteiger partial charge in [-0.25, -0.2) is 13.5 Å². The lowest BCUT2D eigenvalue weighted by molar-refractivity contribution is 0.151. The summed E-state index contributed by atoms with van der Waals surface area (Å²) in [7, 11) is 0. The van der Waals surface area contributed by atoms with E-state index in [0.717, 1.165) is 0 Å². The average Bonchev–Trinajstić information content (AvgIpc) is 3.13. The minimum Gasteiger partial charge on any atom is -0.470 e. The summed E-state index contributed by atoms with van der Waals surface area (Å²) in [5.74, 6) is 0.686. The van der Waals surface area contributed by atoms with Gasteiger partial charge >= 0.3 is 0 Å². The Hall–Kier alpha value is -4.20. The summed E-state index contributed by atoms with van der Waals surface area (Å²) < 4.78 is 32.7. The first kappa shape index (κ1) is 21.5. The van der Waals surface area contributed by atoms with E-state index < -0.39 is 6.43 Å². The van der Waals surface area contributed by atoms with Gasteiger partial charge in [0.15, 0.2) is 5.82 Å². The molecular formula is C20H18F2N8O. The second-order valence-electron chi connectivity index (χ2n) is 6.45. The molecule has 2 N–H and O–H groups in total. The van der Waals surface area contributed by atoms with E-state index in [1.807, 2.05) is 0 Å². The number of nitrogens with one attached hydrogen (secondary N) is 2. The molecule has 0 aliphatic rings. The van der Waals surface area contributed by atoms with Gasteiger partial charge < -0.3 is 10.1 Å². The summed E-state index contributed by atoms with van der Waals surface area (Å²) >= 11 is 0. The first-order chi connectivity index (χ1) is 14.9. The topological polar surface area (TPSA) is 125 Å². The fourth-order valence-corrected chi connectivity index (χ4v) is 2.60. The number of nitriles is 1. The standard InChI is InChI=1S/C20H18F2N8O/c1-12(9-15(24)10-23)25-18-7-8-19(28-27-18)31-11-17-13(2)26-29-30(17)16-5-3-14(4-6-16)20(21)22/h3-9,20,24H,11H2,1-2H3,(H,25,27)/b12-9-,24-15?. The van der Waals surface area contributed by atoms with Crippen LogP contribution in [0, 0.1) is 23.7 Å². The van der Waals surface area contributed by atoms with Crippen molar-refractivity contribution in [3.05, 3.63) is 65.1 Å². The highest BCUT2D eigenvalue weighted by molar-refractivity contribution is 6.05. The Bertz CT molecular complexity index is 1130. The SMILES string of the molecule is C/C(=C/C(=N)C#N)Nc1ccc(OCc2c(C)nnn2-c2ccc(C(F)F)cc2)nn1. The van der Waals surface area contributed by atoms with Crippen LogP contribution >= 0.6 is 0 Å². The van der Waals surface area contributed by atoms with Gasteiger partial charge in [0.25, 0.3) is 6.43 Å². The fourth-order valence-electron chi connectivity index (χ4n) is 2.60. The molecule has 0 fully saturated rings. The van der Waals surface area contributed by atoms with Crippen LogP contribution in [0.3, 0.4) is 0 Å². The summed E-state index contributed by atoms with van der Waals surface area (Å²) in [6.07, 6.45) is -1.17. The Morgan fingerprint density at radius 3 is 2.58 bits per heavy atom. The molecule has 3 rings (SSSR count). The summed E-state index contributed by atoms with van der Waals surface area (Å²) in [6, 6.07) is 10.7. The molecule has 0 amide bonds. The zero-order valence-corrected chi connectivity index (χ0v) is 16.7. The first-order valence-corrected chi connectivity index (χ1v) is 9.07. The third kappa shape index (κ3) is 5.45. The molecule has 31 heavy (non-hydrogen) atoms. The fraction of sp³-hybridized carbons (Fsp3) is 0.200. The maximum atomic E-state index is 12.8. The monoisotopic (exact) mass is 424 g/mol. The number of benzene rings is 1. The Morgan fingerprint density at radius 1 is 1.23 bits per heavy atom. The van der Waals surface area contributed by atoms with E-state index in [9.17, 15) is 8.78 Å². The molecule has 2 heterocycles. The Labute approximate surface area is 176 Å². The number of hydrogen-bond acceptors (Lipinski definition) is 8. The largest absolute Gasteiger partial charge is 0.470 e. The second kappa shape index (κ2) is 9.53. The third-order valence-electron chi connectivity index (χ3n) is 4.15. The molecule has 3 aromatic rings. The number of alkyl halides is 2. The molecular weight excluding hydrogens is 406 g/mol. The van der Waals surface area contributed by atoms with Crippen LogP contribution in [0.5, 0.6) is 5.88 Å². The molecule has 2 aromatic heterocycles. The third-order valence-corrected chi connectivity index (χ3v) is 4.15. The minimum atomic E-state index is -2.54. The van der Waals surface area contributed by atoms with E-state index in [0.29, 0.717) is 28.6 Å². The molecule has 0 aliphatic carbocycles. The van der Waals surface area contributed by atoms with Gasteiger partial charge in [0.2, 0.25) is 5.88 Å². The quantitative estimate of drug-likeness (QED) is 0.528. The second-order valence-corrected chi connectivity index (χ2v) is 6.45. The lowest BCUT2D eigenvalue weighted by atomic mass is 10.2. The van der Waals surface area contributed by atoms with Gasteiger partial charge in [-0.3, -0.25) is 5.41 Å². The number of rotatable bonds is 8. The van der Waals surface area contributed by atoms with Crippen LogP contribution in [-0.2, 0) is 6.61 Å². The number of anilines is 1. The van der Waals surface area contributed by atoms with Gasteiger partial charge in [-0.05, 0) is 38.1 Å². The van der Waals surface area contributed by atoms with Crippen molar-refractivity contribution in [3.8, 4) is 17.6 Å². The van der Waals surface area contributed by atoms with Crippen LogP contribution in [0.15, 0.2) is 48.2 Å². The molecule has 0 unspecified atom stereocenters. The lowest BCUT2D eigenvalue weighted by Gasteiger charge is -2.10. The van der Waals surface area contributed by atoms with Crippen LogP contribution in [0.2, 0.25) is 0 Å². The molecule has 158 valence electrons. The van der Waals surface area contributed by atoms with Crippen molar-refractivity contribution in [1.82, 2.24) is 25.2 Å². The van der Waals surface area contributed by atoms with Gasteiger partial charge in [-0.1, -0.05) is 17.3 Å². The molecule has 0 bridgehead atoms. The van der Waals surface area contributed by atoms with Gasteiger partial charge in [-0.2, -0.15) is 5.26 Å². The maximum absolute atomic E-state index is 12.8. The average molecular weight is 424 g/mol. The van der Waals surface area contributed by atoms with Crippen molar-refractivity contribution in [2.24, 2.45) is 0 Å². The summed E-state index contributed by atoms with van der Waals surface area (Å²) in [4.78, 5) is 0. The van der Waals surface area contributed by atoms with E-state index in [1.54, 1.807) is 44.2 Å². The zero-order valence-electron chi connectivity index (χ0n) is 16.7. The van der Waals surface area contributed by atoms with Crippen molar-refractivity contribution < 1.29 is 13.5 Å². The van der Waals surface area contributed by atoms with Crippen LogP contribution in [-0.4, -0.2) is 30.9 Å². The van der Waals surface area contributed by atoms with Crippen molar-refractivity contribution in [2.45, 2.75) is 26.9 Å². The van der Waals surface area contributed by atoms with Crippen molar-refractivity contribution >= 4 is 11.5 Å². The van der Waals surface area contributed by atoms with Crippen molar-refractivity contribution in [2.75, 3.05) is 5.32 Å². The number of halogens is 2. The predicted molar refractivity (Wildman–Crippen MR) is 108 cm³/mol. The summed E-state index contributed by atoms with van der Waals surface area (Å²) in [5, 5.41) is 35.0. The van der Waals surface area contributed by atoms with Crippen LogP contribution in [0.25, 0.3) is 5.69 Å². The smallest absolute Gasteiger partial charge is 0.263 e. The molecule has 0 aliphatic heterocycles. The number of aryl methyl sites for hydroxylation is 1. The normalized spacial score (nSPS) is 11.3. The minimum absolute atomic E-state index is 0.0723. The Kier molecular flexibility index (Phi) is 6.61. The van der Waals surface area contributed by atoms with Gasteiger partial charge in [-0.15, -0.1) is 15.3 Å². The van der Waals surface area contributed by atoms with Crippen LogP contribution in [0.4, 0.5) is 14.6 Å². The number of aromatic nitrogens is 5. The molecule has 0 spiro atoms. The summed E-state index contributed by atoms with van der Waals surface area (Å²) in [5.41, 5.74) is 2.17. The number of nitrogens with zero attached hydrogens (tertiary/aromatic N) is 6. The van der Waals surface area contributed by atoms with E-state index in [1.165, 1.54) is 22.9 Å². The van der Waals surface area contributed by atoms with Crippen molar-refractivity contribution in [1.29, 1.82) is 10.7 Å². The summed E-state index contributed by atoms with van der Waals surface area (Å²) in [6.45, 7) is 3.56. The maximum Gasteiger partial charge on any atom is 0.263 e. The molecule has 0 saturated carbocycles. The molecule has 0 saturated heterocycles. The van der Waals surface area contributed by atoms with Gasteiger partial charge in [0.1, 0.15) is 24.1 Å². The van der Waals surface area contributed by atoms with Crippen molar-refractivity contribution in [3.63, 3.8) is 0 Å². The van der Waals surface area contributed by atoms with E-state index in [2.05, 4.69) is 25.8 Å². The highest BCUT2D eigenvalue weighted by Crippen LogP contribution is 2.21. The molecule has 0 atom stereocenters. The molecule has 9 nitrogen and oxygen atoms in total. The van der Waals surface area contributed by atoms with Crippen LogP contribution in [0.1, 0.15) is 30.3 Å².